The molecule has 2 aromatic rings. The van der Waals surface area contributed by atoms with Crippen molar-refractivity contribution >= 4 is 5.97 Å². The Bertz CT molecular complexity index is 612. The van der Waals surface area contributed by atoms with E-state index in [0.717, 1.165) is 35.5 Å². The summed E-state index contributed by atoms with van der Waals surface area (Å²) >= 11 is 0. The van der Waals surface area contributed by atoms with Crippen LogP contribution in [0.25, 0.3) is 5.69 Å². The molecule has 0 unspecified atom stereocenters. The average molecular weight is 272 g/mol. The zero-order chi connectivity index (χ0) is 14.7. The lowest BCUT2D eigenvalue weighted by Crippen LogP contribution is -2.06. The molecule has 0 aliphatic heterocycles. The van der Waals surface area contributed by atoms with Gasteiger partial charge >= 0.3 is 5.97 Å². The second-order valence-corrected chi connectivity index (χ2v) is 4.90. The van der Waals surface area contributed by atoms with Crippen LogP contribution in [0.2, 0.25) is 0 Å². The summed E-state index contributed by atoms with van der Waals surface area (Å²) in [7, 11) is 0. The molecule has 0 fully saturated rings. The first-order chi connectivity index (χ1) is 9.56. The number of nitrogens with zero attached hydrogens (tertiary/aromatic N) is 2. The zero-order valence-electron chi connectivity index (χ0n) is 12.2. The summed E-state index contributed by atoms with van der Waals surface area (Å²) < 4.78 is 1.89. The quantitative estimate of drug-likeness (QED) is 0.910. The number of hydrogen-bond acceptors (Lipinski definition) is 2. The number of aromatic nitrogens is 2. The molecule has 0 aliphatic rings. The first-order valence-electron chi connectivity index (χ1n) is 6.95. The molecule has 0 amide bonds. The molecule has 0 radical (unpaired) electrons. The summed E-state index contributed by atoms with van der Waals surface area (Å²) in [4.78, 5) is 11.1. The van der Waals surface area contributed by atoms with E-state index in [-0.39, 0.29) is 6.42 Å². The lowest BCUT2D eigenvalue weighted by Gasteiger charge is -2.07. The van der Waals surface area contributed by atoms with Gasteiger partial charge in [0.25, 0.3) is 0 Å². The van der Waals surface area contributed by atoms with Gasteiger partial charge in [-0.25, -0.2) is 4.68 Å². The maximum atomic E-state index is 11.1. The Morgan fingerprint density at radius 3 is 2.35 bits per heavy atom. The van der Waals surface area contributed by atoms with Gasteiger partial charge in [0, 0.05) is 11.3 Å². The van der Waals surface area contributed by atoms with Gasteiger partial charge in [-0.2, -0.15) is 5.10 Å². The molecule has 20 heavy (non-hydrogen) atoms. The minimum absolute atomic E-state index is 0.0399. The molecule has 1 N–H and O–H groups in total. The number of carbonyl (C=O) groups is 1. The standard InChI is InChI=1S/C16H20N2O2/c1-4-14-13(10-16(19)20)15(5-2)18(17-14)12-8-6-11(3)7-9-12/h6-9H,4-5,10H2,1-3H3,(H,19,20). The topological polar surface area (TPSA) is 55.1 Å². The Hall–Kier alpha value is -2.10. The van der Waals surface area contributed by atoms with Crippen LogP contribution in [0.4, 0.5) is 0 Å². The molecule has 106 valence electrons. The van der Waals surface area contributed by atoms with Crippen LogP contribution in [-0.2, 0) is 24.1 Å². The van der Waals surface area contributed by atoms with Gasteiger partial charge in [0.2, 0.25) is 0 Å². The maximum absolute atomic E-state index is 11.1. The number of hydrogen-bond donors (Lipinski definition) is 1. The van der Waals surface area contributed by atoms with Crippen molar-refractivity contribution in [1.82, 2.24) is 9.78 Å². The Morgan fingerprint density at radius 1 is 1.20 bits per heavy atom. The van der Waals surface area contributed by atoms with Gasteiger partial charge in [-0.15, -0.1) is 0 Å². The smallest absolute Gasteiger partial charge is 0.307 e. The fourth-order valence-corrected chi connectivity index (χ4v) is 2.44. The molecule has 4 nitrogen and oxygen atoms in total. The molecule has 0 aliphatic carbocycles. The molecule has 1 heterocycles. The van der Waals surface area contributed by atoms with Crippen molar-refractivity contribution in [1.29, 1.82) is 0 Å². The maximum Gasteiger partial charge on any atom is 0.307 e. The van der Waals surface area contributed by atoms with E-state index in [0.29, 0.717) is 0 Å². The van der Waals surface area contributed by atoms with Crippen LogP contribution in [0.5, 0.6) is 0 Å². The second-order valence-electron chi connectivity index (χ2n) is 4.90. The number of aryl methyl sites for hydroxylation is 2. The summed E-state index contributed by atoms with van der Waals surface area (Å²) in [5.74, 6) is -0.808. The van der Waals surface area contributed by atoms with Crippen LogP contribution in [0.15, 0.2) is 24.3 Å². The van der Waals surface area contributed by atoms with Gasteiger partial charge in [0.15, 0.2) is 0 Å². The number of benzene rings is 1. The van der Waals surface area contributed by atoms with Gasteiger partial charge in [-0.05, 0) is 31.9 Å². The lowest BCUT2D eigenvalue weighted by molar-refractivity contribution is -0.136. The SMILES string of the molecule is CCc1nn(-c2ccc(C)cc2)c(CC)c1CC(=O)O. The van der Waals surface area contributed by atoms with Crippen LogP contribution in [0.1, 0.15) is 36.4 Å². The molecule has 0 spiro atoms. The van der Waals surface area contributed by atoms with E-state index in [1.165, 1.54) is 5.56 Å². The number of carboxylic acids is 1. The third-order valence-corrected chi connectivity index (χ3v) is 3.45. The molecular formula is C16H20N2O2. The average Bonchev–Trinajstić information content (AvgIpc) is 2.76. The number of carboxylic acid groups (broad SMARTS) is 1. The minimum atomic E-state index is -0.808. The highest BCUT2D eigenvalue weighted by Crippen LogP contribution is 2.21. The predicted molar refractivity (Wildman–Crippen MR) is 78.4 cm³/mol. The Morgan fingerprint density at radius 2 is 1.85 bits per heavy atom. The molecule has 0 atom stereocenters. The first kappa shape index (κ1) is 14.3. The van der Waals surface area contributed by atoms with Gasteiger partial charge in [-0.1, -0.05) is 31.5 Å². The fourth-order valence-electron chi connectivity index (χ4n) is 2.44. The fraction of sp³-hybridized carbons (Fsp3) is 0.375. The summed E-state index contributed by atoms with van der Waals surface area (Å²) in [5, 5.41) is 13.7. The van der Waals surface area contributed by atoms with Crippen molar-refractivity contribution in [3.8, 4) is 5.69 Å². The van der Waals surface area contributed by atoms with E-state index in [2.05, 4.69) is 5.10 Å². The van der Waals surface area contributed by atoms with Crippen molar-refractivity contribution in [3.05, 3.63) is 46.8 Å². The normalized spacial score (nSPS) is 10.8. The second kappa shape index (κ2) is 5.90. The number of rotatable bonds is 5. The molecule has 0 saturated carbocycles. The Labute approximate surface area is 119 Å². The highest BCUT2D eigenvalue weighted by atomic mass is 16.4. The van der Waals surface area contributed by atoms with Gasteiger partial charge in [-0.3, -0.25) is 4.79 Å². The minimum Gasteiger partial charge on any atom is -0.481 e. The van der Waals surface area contributed by atoms with E-state index in [4.69, 9.17) is 5.11 Å². The van der Waals surface area contributed by atoms with E-state index in [1.807, 2.05) is 49.7 Å². The predicted octanol–water partition coefficient (Wildman–Crippen LogP) is 2.93. The van der Waals surface area contributed by atoms with Gasteiger partial charge < -0.3 is 5.11 Å². The van der Waals surface area contributed by atoms with Crippen molar-refractivity contribution in [2.24, 2.45) is 0 Å². The van der Waals surface area contributed by atoms with Crippen LogP contribution in [0, 0.1) is 6.92 Å². The van der Waals surface area contributed by atoms with Crippen molar-refractivity contribution < 1.29 is 9.90 Å². The molecule has 0 saturated heterocycles. The van der Waals surface area contributed by atoms with Crippen LogP contribution < -0.4 is 0 Å². The van der Waals surface area contributed by atoms with Gasteiger partial charge in [0.05, 0.1) is 17.8 Å². The number of aliphatic carboxylic acids is 1. The molecular weight excluding hydrogens is 252 g/mol. The van der Waals surface area contributed by atoms with Gasteiger partial charge in [0.1, 0.15) is 0 Å². The first-order valence-corrected chi connectivity index (χ1v) is 6.95. The summed E-state index contributed by atoms with van der Waals surface area (Å²) in [6.45, 7) is 6.08. The molecule has 0 bridgehead atoms. The van der Waals surface area contributed by atoms with Crippen LogP contribution in [-0.4, -0.2) is 20.9 Å². The summed E-state index contributed by atoms with van der Waals surface area (Å²) in [5.41, 5.74) is 4.92. The van der Waals surface area contributed by atoms with E-state index in [1.54, 1.807) is 0 Å². The monoisotopic (exact) mass is 272 g/mol. The highest BCUT2D eigenvalue weighted by molar-refractivity contribution is 5.71. The highest BCUT2D eigenvalue weighted by Gasteiger charge is 2.18. The van der Waals surface area contributed by atoms with E-state index in [9.17, 15) is 4.79 Å². The molecule has 4 heteroatoms. The third-order valence-electron chi connectivity index (χ3n) is 3.45. The third kappa shape index (κ3) is 2.74. The molecule has 1 aromatic carbocycles. The van der Waals surface area contributed by atoms with Crippen molar-refractivity contribution in [2.75, 3.05) is 0 Å². The summed E-state index contributed by atoms with van der Waals surface area (Å²) in [6, 6.07) is 8.12. The molecule has 1 aromatic heterocycles. The molecule has 2 rings (SSSR count). The lowest BCUT2D eigenvalue weighted by atomic mass is 10.1. The largest absolute Gasteiger partial charge is 0.481 e. The van der Waals surface area contributed by atoms with Crippen molar-refractivity contribution in [3.63, 3.8) is 0 Å². The van der Waals surface area contributed by atoms with Crippen molar-refractivity contribution in [2.45, 2.75) is 40.0 Å². The van der Waals surface area contributed by atoms with Crippen LogP contribution in [0.3, 0.4) is 0 Å². The van der Waals surface area contributed by atoms with E-state index < -0.39 is 5.97 Å². The Kier molecular flexibility index (Phi) is 4.23. The summed E-state index contributed by atoms with van der Waals surface area (Å²) in [6.07, 6.45) is 1.55. The Balaban J connectivity index is 2.55. The van der Waals surface area contributed by atoms with E-state index >= 15 is 0 Å². The van der Waals surface area contributed by atoms with Crippen LogP contribution >= 0.6 is 0 Å². The zero-order valence-corrected chi connectivity index (χ0v) is 12.2.